The lowest BCUT2D eigenvalue weighted by Crippen LogP contribution is -2.27. The molecule has 0 unspecified atom stereocenters. The Bertz CT molecular complexity index is 3440. The van der Waals surface area contributed by atoms with Gasteiger partial charge in [-0.25, -0.2) is 36.8 Å². The molecule has 4 atom stereocenters. The van der Waals surface area contributed by atoms with Gasteiger partial charge in [0.05, 0.1) is 45.5 Å². The van der Waals surface area contributed by atoms with Crippen LogP contribution < -0.4 is 18.9 Å². The summed E-state index contributed by atoms with van der Waals surface area (Å²) in [6, 6.07) is 14.2. The van der Waals surface area contributed by atoms with Crippen molar-refractivity contribution in [3.8, 4) is 57.1 Å². The van der Waals surface area contributed by atoms with E-state index in [2.05, 4.69) is 50.3 Å². The second kappa shape index (κ2) is 23.6. The molecular formula is C52H60N12O9S2. The largest absolute Gasteiger partial charge is 0.494 e. The van der Waals surface area contributed by atoms with Gasteiger partial charge in [0.15, 0.2) is 43.0 Å². The third-order valence-electron chi connectivity index (χ3n) is 12.7. The maximum atomic E-state index is 13.7. The van der Waals surface area contributed by atoms with Crippen LogP contribution in [0.1, 0.15) is 85.1 Å². The van der Waals surface area contributed by atoms with Crippen LogP contribution in [0.2, 0.25) is 0 Å². The molecule has 0 bridgehead atoms. The first kappa shape index (κ1) is 55.0. The highest BCUT2D eigenvalue weighted by Gasteiger charge is 2.35. The van der Waals surface area contributed by atoms with E-state index in [1.165, 1.54) is 34.6 Å². The van der Waals surface area contributed by atoms with Crippen LogP contribution in [0, 0.1) is 20.8 Å². The number of benzene rings is 2. The number of aryl methyl sites for hydroxylation is 3. The van der Waals surface area contributed by atoms with Crippen molar-refractivity contribution in [2.24, 2.45) is 0 Å². The normalized spacial score (nSPS) is 13.2. The van der Waals surface area contributed by atoms with Gasteiger partial charge in [-0.15, -0.1) is 20.4 Å². The molecule has 0 aliphatic heterocycles. The fraction of sp³-hybridized carbons (Fsp3) is 0.346. The number of aromatic nitrogens is 12. The zero-order chi connectivity index (χ0) is 54.2. The molecule has 8 rings (SSSR count). The third-order valence-corrected chi connectivity index (χ3v) is 17.1. The SMILES string of the molecule is COc1cccc(OC)c1-n1c(CS(=O)(=O)[C@@H](C)[C@H](C)c2ncc(C)cn2)nnc1-c1cncc(C)c1.COc1cccc(OC)c1-n1c(CS(=O)(=O)[C@@H](C)[C@H](C)c2ncc(C)cn2)nnc1-c1cncc(CO)c1. The summed E-state index contributed by atoms with van der Waals surface area (Å²) in [4.78, 5) is 25.8. The van der Waals surface area contributed by atoms with E-state index >= 15 is 0 Å². The highest BCUT2D eigenvalue weighted by atomic mass is 32.2. The van der Waals surface area contributed by atoms with Crippen molar-refractivity contribution in [3.63, 3.8) is 0 Å². The van der Waals surface area contributed by atoms with Crippen LogP contribution in [-0.4, -0.2) is 120 Å². The zero-order valence-electron chi connectivity index (χ0n) is 43.6. The predicted molar refractivity (Wildman–Crippen MR) is 281 cm³/mol. The minimum absolute atomic E-state index is 0.168. The number of pyridine rings is 2. The van der Waals surface area contributed by atoms with E-state index in [0.717, 1.165) is 16.7 Å². The van der Waals surface area contributed by atoms with Gasteiger partial charge in [0, 0.05) is 72.5 Å². The summed E-state index contributed by atoms with van der Waals surface area (Å²) in [6.45, 7) is 12.4. The van der Waals surface area contributed by atoms with Gasteiger partial charge in [-0.05, 0) is 93.3 Å². The van der Waals surface area contributed by atoms with E-state index in [9.17, 15) is 21.9 Å². The monoisotopic (exact) mass is 1060 g/mol. The van der Waals surface area contributed by atoms with Crippen molar-refractivity contribution in [2.75, 3.05) is 28.4 Å². The molecule has 23 heteroatoms. The maximum Gasteiger partial charge on any atom is 0.170 e. The smallest absolute Gasteiger partial charge is 0.170 e. The first-order valence-corrected chi connectivity index (χ1v) is 27.1. The Morgan fingerprint density at radius 3 is 1.24 bits per heavy atom. The van der Waals surface area contributed by atoms with E-state index in [1.54, 1.807) is 116 Å². The molecule has 75 heavy (non-hydrogen) atoms. The average molecular weight is 1060 g/mol. The van der Waals surface area contributed by atoms with Crippen molar-refractivity contribution in [1.82, 2.24) is 59.4 Å². The predicted octanol–water partition coefficient (Wildman–Crippen LogP) is 6.90. The van der Waals surface area contributed by atoms with Crippen LogP contribution in [0.3, 0.4) is 0 Å². The highest BCUT2D eigenvalue weighted by Crippen LogP contribution is 2.39. The molecule has 1 N–H and O–H groups in total. The van der Waals surface area contributed by atoms with Gasteiger partial charge in [0.2, 0.25) is 0 Å². The maximum absolute atomic E-state index is 13.7. The van der Waals surface area contributed by atoms with Crippen LogP contribution >= 0.6 is 0 Å². The Morgan fingerprint density at radius 1 is 0.507 bits per heavy atom. The summed E-state index contributed by atoms with van der Waals surface area (Å²) in [5.41, 5.74) is 5.45. The van der Waals surface area contributed by atoms with E-state index in [1.807, 2.05) is 33.8 Å². The second-order valence-electron chi connectivity index (χ2n) is 17.9. The highest BCUT2D eigenvalue weighted by molar-refractivity contribution is 7.91. The zero-order valence-corrected chi connectivity index (χ0v) is 45.2. The van der Waals surface area contributed by atoms with E-state index in [-0.39, 0.29) is 24.0 Å². The van der Waals surface area contributed by atoms with E-state index in [4.69, 9.17) is 18.9 Å². The Morgan fingerprint density at radius 2 is 0.880 bits per heavy atom. The van der Waals surface area contributed by atoms with Gasteiger partial charge in [-0.2, -0.15) is 0 Å². The van der Waals surface area contributed by atoms with Crippen molar-refractivity contribution in [3.05, 3.63) is 144 Å². The number of aliphatic hydroxyl groups excluding tert-OH is 1. The molecule has 21 nitrogen and oxygen atoms in total. The molecule has 0 saturated heterocycles. The number of sulfone groups is 2. The summed E-state index contributed by atoms with van der Waals surface area (Å²) in [5.74, 6) is 2.24. The summed E-state index contributed by atoms with van der Waals surface area (Å²) in [7, 11) is -1.38. The first-order chi connectivity index (χ1) is 35.9. The number of ether oxygens (including phenoxy) is 4. The molecule has 6 heterocycles. The first-order valence-electron chi connectivity index (χ1n) is 23.6. The third kappa shape index (κ3) is 12.1. The van der Waals surface area contributed by atoms with Gasteiger partial charge in [-0.1, -0.05) is 26.0 Å². The standard InChI is InChI=1S/C26H30N6O5S.C26H30N6O4S/c1-16-10-28-25(29-11-16)17(2)18(3)38(34,35)15-23-30-31-26(20-9-19(14-33)12-27-13-20)32(23)24-21(36-4)7-6-8-22(24)37-5;1-16-10-20(14-27-11-16)26-31-30-23(32(26)24-21(35-5)8-7-9-22(24)36-6)15-37(33,34)19(4)18(3)25-28-12-17(2)13-29-25/h6-13,17-18,33H,14-15H2,1-5H3;7-14,18-19H,15H2,1-6H3/t17-,18-;18-,19-/m00/s1. The lowest BCUT2D eigenvalue weighted by atomic mass is 10.1. The second-order valence-corrected chi connectivity index (χ2v) is 22.6. The molecule has 0 aliphatic rings. The number of hydrogen-bond acceptors (Lipinski definition) is 19. The molecule has 2 aromatic carbocycles. The summed E-state index contributed by atoms with van der Waals surface area (Å²) < 4.78 is 80.4. The van der Waals surface area contributed by atoms with E-state index in [0.29, 0.717) is 74.4 Å². The van der Waals surface area contributed by atoms with Crippen molar-refractivity contribution < 1.29 is 40.9 Å². The minimum Gasteiger partial charge on any atom is -0.494 e. The number of nitrogens with zero attached hydrogens (tertiary/aromatic N) is 12. The summed E-state index contributed by atoms with van der Waals surface area (Å²) >= 11 is 0. The van der Waals surface area contributed by atoms with Gasteiger partial charge < -0.3 is 24.1 Å². The molecule has 0 spiro atoms. The van der Waals surface area contributed by atoms with Gasteiger partial charge >= 0.3 is 0 Å². The van der Waals surface area contributed by atoms with Crippen LogP contribution in [0.5, 0.6) is 23.0 Å². The molecule has 394 valence electrons. The van der Waals surface area contributed by atoms with Gasteiger partial charge in [-0.3, -0.25) is 19.1 Å². The van der Waals surface area contributed by atoms with Crippen LogP contribution in [0.15, 0.2) is 98.1 Å². The van der Waals surface area contributed by atoms with Crippen LogP contribution in [0.25, 0.3) is 34.2 Å². The van der Waals surface area contributed by atoms with Gasteiger partial charge in [0.1, 0.15) is 57.5 Å². The van der Waals surface area contributed by atoms with Crippen LogP contribution in [0.4, 0.5) is 0 Å². The summed E-state index contributed by atoms with van der Waals surface area (Å²) in [6.07, 6.45) is 13.2. The molecule has 0 aliphatic carbocycles. The fourth-order valence-electron chi connectivity index (χ4n) is 8.08. The molecule has 8 aromatic rings. The number of para-hydroxylation sites is 2. The molecule has 6 aromatic heterocycles. The number of rotatable bonds is 19. The Labute approximate surface area is 436 Å². The van der Waals surface area contributed by atoms with E-state index < -0.39 is 47.8 Å². The molecular weight excluding hydrogens is 1000 g/mol. The fourth-order valence-corrected chi connectivity index (χ4v) is 11.2. The minimum atomic E-state index is -3.76. The Balaban J connectivity index is 0.000000219. The van der Waals surface area contributed by atoms with Crippen molar-refractivity contribution >= 4 is 19.7 Å². The summed E-state index contributed by atoms with van der Waals surface area (Å²) in [5, 5.41) is 25.4. The lowest BCUT2D eigenvalue weighted by Gasteiger charge is -2.20. The van der Waals surface area contributed by atoms with Gasteiger partial charge in [0.25, 0.3) is 0 Å². The topological polar surface area (TPSA) is 264 Å². The Kier molecular flexibility index (Phi) is 17.3. The number of methoxy groups -OCH3 is 4. The van der Waals surface area contributed by atoms with Crippen molar-refractivity contribution in [1.29, 1.82) is 0 Å². The number of aliphatic hydroxyl groups is 1. The van der Waals surface area contributed by atoms with Crippen LogP contribution in [-0.2, 0) is 37.8 Å². The quantitative estimate of drug-likeness (QED) is 0.0862. The molecule has 0 saturated carbocycles. The molecule has 0 radical (unpaired) electrons. The van der Waals surface area contributed by atoms with Crippen molar-refractivity contribution in [2.45, 2.75) is 88.9 Å². The molecule has 0 amide bonds. The lowest BCUT2D eigenvalue weighted by molar-refractivity contribution is 0.281. The average Bonchev–Trinajstić information content (AvgIpc) is 4.02. The molecule has 0 fully saturated rings. The number of hydrogen-bond donors (Lipinski definition) is 1. The Hall–Kier alpha value is -7.76.